The van der Waals surface area contributed by atoms with E-state index in [0.717, 1.165) is 28.2 Å². The summed E-state index contributed by atoms with van der Waals surface area (Å²) in [4.78, 5) is 22.6. The molecule has 2 aliphatic carbocycles. The van der Waals surface area contributed by atoms with E-state index in [4.69, 9.17) is 4.74 Å². The van der Waals surface area contributed by atoms with Gasteiger partial charge in [-0.1, -0.05) is 48.5 Å². The van der Waals surface area contributed by atoms with E-state index < -0.39 is 0 Å². The lowest BCUT2D eigenvalue weighted by molar-refractivity contribution is -0.131. The fraction of sp³-hybridized carbons (Fsp3) is 0.0588. The zero-order chi connectivity index (χ0) is 14.1. The van der Waals surface area contributed by atoms with E-state index >= 15 is 0 Å². The molecule has 3 nitrogen and oxygen atoms in total. The van der Waals surface area contributed by atoms with Crippen LogP contribution in [-0.4, -0.2) is 12.3 Å². The monoisotopic (exact) mass is 264 g/mol. The van der Waals surface area contributed by atoms with Crippen molar-refractivity contribution in [3.63, 3.8) is 0 Å². The van der Waals surface area contributed by atoms with E-state index in [2.05, 4.69) is 0 Å². The molecule has 0 radical (unpaired) electrons. The first-order valence-electron chi connectivity index (χ1n) is 6.29. The molecule has 3 heteroatoms. The van der Waals surface area contributed by atoms with Gasteiger partial charge in [-0.3, -0.25) is 9.59 Å². The van der Waals surface area contributed by atoms with Crippen LogP contribution in [0.1, 0.15) is 17.3 Å². The van der Waals surface area contributed by atoms with Crippen molar-refractivity contribution < 1.29 is 14.3 Å². The molecule has 0 aliphatic heterocycles. The summed E-state index contributed by atoms with van der Waals surface area (Å²) in [5.74, 6) is 0.143. The first-order valence-corrected chi connectivity index (χ1v) is 6.29. The van der Waals surface area contributed by atoms with Crippen molar-refractivity contribution in [3.05, 3.63) is 54.1 Å². The van der Waals surface area contributed by atoms with E-state index in [1.165, 1.54) is 6.92 Å². The molecule has 1 aromatic rings. The summed E-state index contributed by atoms with van der Waals surface area (Å²) in [6, 6.07) is 14.9. The number of ether oxygens (including phenoxy) is 1. The van der Waals surface area contributed by atoms with Gasteiger partial charge < -0.3 is 4.74 Å². The van der Waals surface area contributed by atoms with Crippen molar-refractivity contribution in [3.8, 4) is 16.9 Å². The van der Waals surface area contributed by atoms with Crippen molar-refractivity contribution in [2.45, 2.75) is 6.92 Å². The fourth-order valence-corrected chi connectivity index (χ4v) is 2.52. The molecule has 0 amide bonds. The number of rotatable bonds is 2. The Labute approximate surface area is 116 Å². The van der Waals surface area contributed by atoms with Crippen LogP contribution in [0.2, 0.25) is 0 Å². The van der Waals surface area contributed by atoms with Gasteiger partial charge in [0.25, 0.3) is 0 Å². The highest BCUT2D eigenvalue weighted by Gasteiger charge is 2.20. The van der Waals surface area contributed by atoms with Crippen molar-refractivity contribution in [2.24, 2.45) is 0 Å². The molecule has 0 aromatic heterocycles. The minimum atomic E-state index is -0.373. The molecule has 0 N–H and O–H groups in total. The van der Waals surface area contributed by atoms with Gasteiger partial charge in [0.05, 0.1) is 0 Å². The lowest BCUT2D eigenvalue weighted by atomic mass is 10.1. The third kappa shape index (κ3) is 1.84. The predicted octanol–water partition coefficient (Wildman–Crippen LogP) is 3.68. The Kier molecular flexibility index (Phi) is 2.95. The van der Waals surface area contributed by atoms with Crippen LogP contribution in [0.5, 0.6) is 5.75 Å². The zero-order valence-corrected chi connectivity index (χ0v) is 10.9. The molecule has 0 unspecified atom stereocenters. The number of esters is 1. The number of carbonyl (C=O) groups excluding carboxylic acids is 2. The molecule has 0 atom stereocenters. The predicted molar refractivity (Wildman–Crippen MR) is 77.3 cm³/mol. The highest BCUT2D eigenvalue weighted by molar-refractivity contribution is 6.15. The molecule has 20 heavy (non-hydrogen) atoms. The quantitative estimate of drug-likeness (QED) is 0.524. The number of aldehydes is 1. The molecule has 0 fully saturated rings. The molecule has 0 spiro atoms. The second kappa shape index (κ2) is 4.78. The first-order chi connectivity index (χ1) is 9.72. The van der Waals surface area contributed by atoms with E-state index in [1.807, 2.05) is 36.4 Å². The number of hydrogen-bond acceptors (Lipinski definition) is 3. The molecule has 0 heterocycles. The van der Waals surface area contributed by atoms with Gasteiger partial charge in [0.2, 0.25) is 0 Å². The second-order valence-corrected chi connectivity index (χ2v) is 4.55. The Balaban J connectivity index is 2.48. The fourth-order valence-electron chi connectivity index (χ4n) is 2.52. The summed E-state index contributed by atoms with van der Waals surface area (Å²) < 4.78 is 5.37. The Morgan fingerprint density at radius 1 is 1.00 bits per heavy atom. The van der Waals surface area contributed by atoms with Crippen LogP contribution in [-0.2, 0) is 4.79 Å². The summed E-state index contributed by atoms with van der Waals surface area (Å²) in [7, 11) is 0. The summed E-state index contributed by atoms with van der Waals surface area (Å²) in [6.07, 6.45) is 0.826. The van der Waals surface area contributed by atoms with Gasteiger partial charge in [-0.2, -0.15) is 0 Å². The minimum absolute atomic E-state index is 0.373. The number of fused-ring (bicyclic) bond motifs is 3. The van der Waals surface area contributed by atoms with Gasteiger partial charge in [-0.15, -0.1) is 0 Å². The van der Waals surface area contributed by atoms with Crippen molar-refractivity contribution in [1.29, 1.82) is 0 Å². The maximum Gasteiger partial charge on any atom is 0.308 e. The highest BCUT2D eigenvalue weighted by atomic mass is 16.5. The van der Waals surface area contributed by atoms with E-state index in [9.17, 15) is 9.59 Å². The third-order valence-corrected chi connectivity index (χ3v) is 3.27. The average Bonchev–Trinajstić information content (AvgIpc) is 2.62. The van der Waals surface area contributed by atoms with Gasteiger partial charge in [0, 0.05) is 28.8 Å². The van der Waals surface area contributed by atoms with Crippen molar-refractivity contribution in [1.82, 2.24) is 0 Å². The van der Waals surface area contributed by atoms with Crippen LogP contribution in [0.25, 0.3) is 21.9 Å². The summed E-state index contributed by atoms with van der Waals surface area (Å²) in [5.41, 5.74) is 2.33. The van der Waals surface area contributed by atoms with Gasteiger partial charge in [-0.05, 0) is 5.56 Å². The molecule has 98 valence electrons. The van der Waals surface area contributed by atoms with Crippen LogP contribution in [0.3, 0.4) is 0 Å². The average molecular weight is 264 g/mol. The molecule has 0 saturated heterocycles. The third-order valence-electron chi connectivity index (χ3n) is 3.27. The largest absolute Gasteiger partial charge is 0.425 e. The Hall–Kier alpha value is -2.68. The summed E-state index contributed by atoms with van der Waals surface area (Å²) in [5, 5.41) is 1.61. The van der Waals surface area contributed by atoms with E-state index in [-0.39, 0.29) is 5.97 Å². The number of hydrogen-bond donors (Lipinski definition) is 0. The Morgan fingerprint density at radius 3 is 2.45 bits per heavy atom. The molecule has 2 aliphatic rings. The first kappa shape index (κ1) is 12.4. The normalized spacial score (nSPS) is 10.7. The van der Waals surface area contributed by atoms with Gasteiger partial charge >= 0.3 is 5.97 Å². The summed E-state index contributed by atoms with van der Waals surface area (Å²) >= 11 is 0. The highest BCUT2D eigenvalue weighted by Crippen LogP contribution is 2.45. The van der Waals surface area contributed by atoms with Gasteiger partial charge in [0.1, 0.15) is 5.75 Å². The van der Waals surface area contributed by atoms with Crippen LogP contribution < -0.4 is 4.74 Å². The lowest BCUT2D eigenvalue weighted by Crippen LogP contribution is -2.01. The molecular weight excluding hydrogens is 252 g/mol. The van der Waals surface area contributed by atoms with E-state index in [0.29, 0.717) is 11.3 Å². The standard InChI is InChI=1S/C17H12O3/c1-11(19)20-17-14-8-4-2-3-7-13(14)16-12(10-18)6-5-9-15(16)17/h2-10H,1H3. The van der Waals surface area contributed by atoms with Crippen molar-refractivity contribution in [2.75, 3.05) is 0 Å². The number of benzene rings is 1. The SMILES string of the molecule is CC(=O)Oc1c2cccccc-2c2c(C=O)cccc12. The lowest BCUT2D eigenvalue weighted by Gasteiger charge is -2.01. The van der Waals surface area contributed by atoms with Crippen LogP contribution >= 0.6 is 0 Å². The maximum absolute atomic E-state index is 11.3. The Morgan fingerprint density at radius 2 is 1.75 bits per heavy atom. The smallest absolute Gasteiger partial charge is 0.308 e. The molecule has 1 aromatic carbocycles. The van der Waals surface area contributed by atoms with E-state index in [1.54, 1.807) is 12.1 Å². The van der Waals surface area contributed by atoms with Gasteiger partial charge in [-0.25, -0.2) is 0 Å². The van der Waals surface area contributed by atoms with Crippen LogP contribution in [0, 0.1) is 0 Å². The number of carbonyl (C=O) groups is 2. The van der Waals surface area contributed by atoms with Crippen LogP contribution in [0.15, 0.2) is 48.5 Å². The second-order valence-electron chi connectivity index (χ2n) is 4.55. The molecule has 0 saturated carbocycles. The zero-order valence-electron chi connectivity index (χ0n) is 10.9. The summed E-state index contributed by atoms with van der Waals surface area (Å²) in [6.45, 7) is 1.37. The molecule has 3 rings (SSSR count). The Bertz CT molecular complexity index is 790. The van der Waals surface area contributed by atoms with Crippen LogP contribution in [0.4, 0.5) is 0 Å². The maximum atomic E-state index is 11.3. The minimum Gasteiger partial charge on any atom is -0.425 e. The molecular formula is C17H12O3. The molecule has 0 bridgehead atoms. The van der Waals surface area contributed by atoms with Gasteiger partial charge in [0.15, 0.2) is 6.29 Å². The van der Waals surface area contributed by atoms with Crippen molar-refractivity contribution >= 4 is 23.0 Å². The topological polar surface area (TPSA) is 43.4 Å².